The van der Waals surface area contributed by atoms with Gasteiger partial charge in [0.05, 0.1) is 17.1 Å². The molecule has 0 fully saturated rings. The summed E-state index contributed by atoms with van der Waals surface area (Å²) in [5.74, 6) is -0.198. The minimum atomic E-state index is -0.198. The molecular formula is C20H22N4O. The lowest BCUT2D eigenvalue weighted by molar-refractivity contribution is -0.112. The van der Waals surface area contributed by atoms with Crippen LogP contribution in [0.25, 0.3) is 0 Å². The fourth-order valence-electron chi connectivity index (χ4n) is 2.83. The van der Waals surface area contributed by atoms with Crippen LogP contribution in [0.5, 0.6) is 0 Å². The fourth-order valence-corrected chi connectivity index (χ4v) is 2.83. The molecule has 0 saturated heterocycles. The number of hydrogen-bond acceptors (Lipinski definition) is 4. The second kappa shape index (κ2) is 7.30. The van der Waals surface area contributed by atoms with Crippen molar-refractivity contribution >= 4 is 34.4 Å². The predicted octanol–water partition coefficient (Wildman–Crippen LogP) is 4.03. The lowest BCUT2D eigenvalue weighted by Gasteiger charge is -2.20. The van der Waals surface area contributed by atoms with Crippen LogP contribution >= 0.6 is 0 Å². The van der Waals surface area contributed by atoms with Crippen LogP contribution in [0.1, 0.15) is 20.8 Å². The van der Waals surface area contributed by atoms with Crippen molar-refractivity contribution in [2.75, 3.05) is 23.0 Å². The van der Waals surface area contributed by atoms with Gasteiger partial charge in [-0.2, -0.15) is 10.1 Å². The van der Waals surface area contributed by atoms with Crippen LogP contribution in [0.3, 0.4) is 0 Å². The van der Waals surface area contributed by atoms with E-state index in [-0.39, 0.29) is 5.91 Å². The van der Waals surface area contributed by atoms with Crippen LogP contribution in [0.15, 0.2) is 64.7 Å². The molecule has 0 aromatic heterocycles. The molecule has 5 nitrogen and oxygen atoms in total. The Hall–Kier alpha value is -2.95. The van der Waals surface area contributed by atoms with Crippen LogP contribution in [0.4, 0.5) is 17.1 Å². The third-order valence-corrected chi connectivity index (χ3v) is 4.21. The number of hydrazone groups is 1. The summed E-state index contributed by atoms with van der Waals surface area (Å²) in [6.07, 6.45) is 0. The molecule has 128 valence electrons. The second-order valence-corrected chi connectivity index (χ2v) is 5.79. The van der Waals surface area contributed by atoms with Gasteiger partial charge in [-0.25, -0.2) is 4.99 Å². The molecular weight excluding hydrogens is 312 g/mol. The van der Waals surface area contributed by atoms with Gasteiger partial charge < -0.3 is 4.90 Å². The van der Waals surface area contributed by atoms with E-state index in [0.29, 0.717) is 11.4 Å². The zero-order chi connectivity index (χ0) is 17.8. The normalized spacial score (nSPS) is 15.6. The van der Waals surface area contributed by atoms with Gasteiger partial charge >= 0.3 is 0 Å². The Bertz CT molecular complexity index is 805. The Morgan fingerprint density at radius 1 is 1.00 bits per heavy atom. The quantitative estimate of drug-likeness (QED) is 0.829. The number of anilines is 2. The van der Waals surface area contributed by atoms with E-state index in [2.05, 4.69) is 28.8 Å². The van der Waals surface area contributed by atoms with Gasteiger partial charge in [-0.15, -0.1) is 0 Å². The van der Waals surface area contributed by atoms with Gasteiger partial charge in [-0.05, 0) is 57.2 Å². The van der Waals surface area contributed by atoms with Gasteiger partial charge in [0.25, 0.3) is 5.91 Å². The summed E-state index contributed by atoms with van der Waals surface area (Å²) in [6, 6.07) is 17.3. The number of carbonyl (C=O) groups excluding carboxylic acids is 1. The predicted molar refractivity (Wildman–Crippen MR) is 104 cm³/mol. The molecule has 0 unspecified atom stereocenters. The highest BCUT2D eigenvalue weighted by Crippen LogP contribution is 2.23. The van der Waals surface area contributed by atoms with E-state index in [1.807, 2.05) is 61.5 Å². The van der Waals surface area contributed by atoms with E-state index in [1.54, 1.807) is 0 Å². The number of benzene rings is 2. The van der Waals surface area contributed by atoms with Gasteiger partial charge in [-0.1, -0.05) is 18.2 Å². The van der Waals surface area contributed by atoms with Crippen molar-refractivity contribution in [2.24, 2.45) is 10.1 Å². The first-order valence-electron chi connectivity index (χ1n) is 8.52. The van der Waals surface area contributed by atoms with Crippen LogP contribution in [-0.2, 0) is 4.79 Å². The summed E-state index contributed by atoms with van der Waals surface area (Å²) < 4.78 is 0. The largest absolute Gasteiger partial charge is 0.372 e. The number of aliphatic imine (C=N–C) groups is 1. The molecule has 0 radical (unpaired) electrons. The van der Waals surface area contributed by atoms with Crippen LogP contribution < -0.4 is 9.91 Å². The average Bonchev–Trinajstić information content (AvgIpc) is 2.93. The Kier molecular flexibility index (Phi) is 4.93. The van der Waals surface area contributed by atoms with Crippen molar-refractivity contribution in [2.45, 2.75) is 20.8 Å². The Morgan fingerprint density at radius 3 is 2.24 bits per heavy atom. The Morgan fingerprint density at radius 2 is 1.64 bits per heavy atom. The highest BCUT2D eigenvalue weighted by atomic mass is 16.2. The molecule has 0 saturated carbocycles. The van der Waals surface area contributed by atoms with Crippen molar-refractivity contribution in [1.29, 1.82) is 0 Å². The molecule has 5 heteroatoms. The zero-order valence-electron chi connectivity index (χ0n) is 14.8. The average molecular weight is 334 g/mol. The molecule has 1 aliphatic rings. The molecule has 0 spiro atoms. The topological polar surface area (TPSA) is 48.3 Å². The molecule has 25 heavy (non-hydrogen) atoms. The van der Waals surface area contributed by atoms with Crippen molar-refractivity contribution in [3.63, 3.8) is 0 Å². The van der Waals surface area contributed by atoms with E-state index < -0.39 is 0 Å². The van der Waals surface area contributed by atoms with Crippen molar-refractivity contribution in [1.82, 2.24) is 0 Å². The maximum absolute atomic E-state index is 12.7. The fraction of sp³-hybridized carbons (Fsp3) is 0.250. The Labute approximate surface area is 148 Å². The first kappa shape index (κ1) is 16.9. The molecule has 2 aromatic carbocycles. The molecule has 3 rings (SSSR count). The van der Waals surface area contributed by atoms with Crippen molar-refractivity contribution in [3.8, 4) is 0 Å². The number of rotatable bonds is 5. The summed E-state index contributed by atoms with van der Waals surface area (Å²) in [4.78, 5) is 19.5. The summed E-state index contributed by atoms with van der Waals surface area (Å²) in [6.45, 7) is 7.99. The third kappa shape index (κ3) is 3.45. The van der Waals surface area contributed by atoms with Crippen LogP contribution in [0, 0.1) is 0 Å². The SMILES string of the molecule is CCN(CC)c1ccc(/N=C2\C(=O)N(c3ccccc3)N=C2C)cc1. The van der Waals surface area contributed by atoms with E-state index in [0.717, 1.165) is 30.2 Å². The standard InChI is InChI=1S/C20H22N4O/c1-4-23(5-2)17-13-11-16(12-14-17)21-19-15(3)22-24(20(19)25)18-9-7-6-8-10-18/h6-14H,4-5H2,1-3H3/b21-19-. The number of carbonyl (C=O) groups is 1. The number of para-hydroxylation sites is 1. The first-order valence-corrected chi connectivity index (χ1v) is 8.52. The van der Waals surface area contributed by atoms with E-state index in [1.165, 1.54) is 5.01 Å². The minimum absolute atomic E-state index is 0.198. The zero-order valence-corrected chi connectivity index (χ0v) is 14.8. The molecule has 0 N–H and O–H groups in total. The molecule has 1 heterocycles. The monoisotopic (exact) mass is 334 g/mol. The van der Waals surface area contributed by atoms with Gasteiger partial charge in [0.1, 0.15) is 0 Å². The first-order chi connectivity index (χ1) is 12.1. The summed E-state index contributed by atoms with van der Waals surface area (Å²) in [5, 5.41) is 5.75. The number of hydrogen-bond donors (Lipinski definition) is 0. The molecule has 0 aliphatic carbocycles. The van der Waals surface area contributed by atoms with Crippen LogP contribution in [0.2, 0.25) is 0 Å². The molecule has 0 bridgehead atoms. The summed E-state index contributed by atoms with van der Waals surface area (Å²) in [5.41, 5.74) is 3.67. The highest BCUT2D eigenvalue weighted by Gasteiger charge is 2.30. The van der Waals surface area contributed by atoms with E-state index in [4.69, 9.17) is 0 Å². The smallest absolute Gasteiger partial charge is 0.299 e. The second-order valence-electron chi connectivity index (χ2n) is 5.79. The highest BCUT2D eigenvalue weighted by molar-refractivity contribution is 6.71. The maximum Gasteiger partial charge on any atom is 0.299 e. The number of amides is 1. The molecule has 1 aliphatic heterocycles. The summed E-state index contributed by atoms with van der Waals surface area (Å²) in [7, 11) is 0. The van der Waals surface area contributed by atoms with Crippen LogP contribution in [-0.4, -0.2) is 30.4 Å². The van der Waals surface area contributed by atoms with Gasteiger partial charge in [-0.3, -0.25) is 4.79 Å². The summed E-state index contributed by atoms with van der Waals surface area (Å²) >= 11 is 0. The lowest BCUT2D eigenvalue weighted by atomic mass is 10.2. The van der Waals surface area contributed by atoms with Gasteiger partial charge in [0.15, 0.2) is 5.71 Å². The molecule has 2 aromatic rings. The van der Waals surface area contributed by atoms with Gasteiger partial charge in [0.2, 0.25) is 0 Å². The van der Waals surface area contributed by atoms with E-state index in [9.17, 15) is 4.79 Å². The molecule has 0 atom stereocenters. The maximum atomic E-state index is 12.7. The van der Waals surface area contributed by atoms with Gasteiger partial charge in [0, 0.05) is 18.8 Å². The number of nitrogens with zero attached hydrogens (tertiary/aromatic N) is 4. The third-order valence-electron chi connectivity index (χ3n) is 4.21. The van der Waals surface area contributed by atoms with Crippen molar-refractivity contribution in [3.05, 3.63) is 54.6 Å². The minimum Gasteiger partial charge on any atom is -0.372 e. The van der Waals surface area contributed by atoms with Crippen molar-refractivity contribution < 1.29 is 4.79 Å². The van der Waals surface area contributed by atoms with E-state index >= 15 is 0 Å². The molecule has 1 amide bonds. The Balaban J connectivity index is 1.84. The lowest BCUT2D eigenvalue weighted by Crippen LogP contribution is -2.27.